The average molecular weight is 236 g/mol. The van der Waals surface area contributed by atoms with Gasteiger partial charge in [-0.25, -0.2) is 4.39 Å². The molecule has 1 aliphatic rings. The molecule has 17 heavy (non-hydrogen) atoms. The molecular formula is C13H17FN2O. The van der Waals surface area contributed by atoms with Gasteiger partial charge in [-0.1, -0.05) is 6.07 Å². The first kappa shape index (κ1) is 11.9. The Labute approximate surface area is 101 Å². The van der Waals surface area contributed by atoms with Crippen LogP contribution in [-0.4, -0.2) is 30.4 Å². The average Bonchev–Trinajstić information content (AvgIpc) is 2.83. The predicted molar refractivity (Wildman–Crippen MR) is 65.4 cm³/mol. The number of amides is 1. The Kier molecular flexibility index (Phi) is 3.61. The fourth-order valence-corrected chi connectivity index (χ4v) is 2.03. The summed E-state index contributed by atoms with van der Waals surface area (Å²) in [4.78, 5) is 13.6. The molecular weight excluding hydrogens is 219 g/mol. The van der Waals surface area contributed by atoms with Gasteiger partial charge in [-0.05, 0) is 37.5 Å². The van der Waals surface area contributed by atoms with E-state index in [4.69, 9.17) is 0 Å². The molecule has 0 unspecified atom stereocenters. The third-order valence-corrected chi connectivity index (χ3v) is 3.09. The van der Waals surface area contributed by atoms with Gasteiger partial charge in [0.2, 0.25) is 5.91 Å². The summed E-state index contributed by atoms with van der Waals surface area (Å²) in [7, 11) is 0. The highest BCUT2D eigenvalue weighted by Gasteiger charge is 2.17. The SMILES string of the molecule is Cc1ccc(F)cc1NCC(=O)N1CCCC1. The maximum Gasteiger partial charge on any atom is 0.241 e. The number of anilines is 1. The van der Waals surface area contributed by atoms with E-state index in [1.54, 1.807) is 6.07 Å². The second-order valence-corrected chi connectivity index (χ2v) is 4.40. The summed E-state index contributed by atoms with van der Waals surface area (Å²) < 4.78 is 13.0. The molecule has 1 aromatic rings. The third-order valence-electron chi connectivity index (χ3n) is 3.09. The normalized spacial score (nSPS) is 15.1. The van der Waals surface area contributed by atoms with Crippen LogP contribution in [0.25, 0.3) is 0 Å². The van der Waals surface area contributed by atoms with Crippen molar-refractivity contribution in [2.75, 3.05) is 25.0 Å². The third kappa shape index (κ3) is 2.96. The lowest BCUT2D eigenvalue weighted by Crippen LogP contribution is -2.33. The number of likely N-dealkylation sites (tertiary alicyclic amines) is 1. The minimum atomic E-state index is -0.285. The highest BCUT2D eigenvalue weighted by Crippen LogP contribution is 2.16. The van der Waals surface area contributed by atoms with Gasteiger partial charge in [0.05, 0.1) is 6.54 Å². The molecule has 0 aliphatic carbocycles. The maximum atomic E-state index is 13.0. The van der Waals surface area contributed by atoms with Gasteiger partial charge in [-0.2, -0.15) is 0 Å². The van der Waals surface area contributed by atoms with E-state index in [9.17, 15) is 9.18 Å². The van der Waals surface area contributed by atoms with Crippen molar-refractivity contribution >= 4 is 11.6 Å². The second-order valence-electron chi connectivity index (χ2n) is 4.40. The summed E-state index contributed by atoms with van der Waals surface area (Å²) >= 11 is 0. The first-order valence-electron chi connectivity index (χ1n) is 5.94. The van der Waals surface area contributed by atoms with E-state index in [2.05, 4.69) is 5.32 Å². The molecule has 0 spiro atoms. The van der Waals surface area contributed by atoms with Gasteiger partial charge in [0, 0.05) is 18.8 Å². The van der Waals surface area contributed by atoms with Crippen LogP contribution in [0.15, 0.2) is 18.2 Å². The van der Waals surface area contributed by atoms with E-state index < -0.39 is 0 Å². The highest BCUT2D eigenvalue weighted by atomic mass is 19.1. The van der Waals surface area contributed by atoms with Crippen LogP contribution >= 0.6 is 0 Å². The van der Waals surface area contributed by atoms with Crippen LogP contribution in [0.1, 0.15) is 18.4 Å². The van der Waals surface area contributed by atoms with Crippen LogP contribution in [0.3, 0.4) is 0 Å². The van der Waals surface area contributed by atoms with E-state index in [0.717, 1.165) is 31.5 Å². The quantitative estimate of drug-likeness (QED) is 0.872. The molecule has 0 bridgehead atoms. The van der Waals surface area contributed by atoms with Crippen molar-refractivity contribution in [1.29, 1.82) is 0 Å². The second kappa shape index (κ2) is 5.17. The number of nitrogens with zero attached hydrogens (tertiary/aromatic N) is 1. The lowest BCUT2D eigenvalue weighted by molar-refractivity contribution is -0.128. The number of carbonyl (C=O) groups is 1. The van der Waals surface area contributed by atoms with Crippen LogP contribution in [0.4, 0.5) is 10.1 Å². The van der Waals surface area contributed by atoms with E-state index >= 15 is 0 Å². The largest absolute Gasteiger partial charge is 0.376 e. The fourth-order valence-electron chi connectivity index (χ4n) is 2.03. The van der Waals surface area contributed by atoms with E-state index in [1.165, 1.54) is 12.1 Å². The van der Waals surface area contributed by atoms with Gasteiger partial charge in [0.1, 0.15) is 5.82 Å². The summed E-state index contributed by atoms with van der Waals surface area (Å²) in [5.41, 5.74) is 1.64. The van der Waals surface area contributed by atoms with Crippen molar-refractivity contribution in [2.45, 2.75) is 19.8 Å². The molecule has 1 aliphatic heterocycles. The smallest absolute Gasteiger partial charge is 0.241 e. The van der Waals surface area contributed by atoms with Gasteiger partial charge >= 0.3 is 0 Å². The van der Waals surface area contributed by atoms with Crippen molar-refractivity contribution in [2.24, 2.45) is 0 Å². The number of carbonyl (C=O) groups excluding carboxylic acids is 1. The summed E-state index contributed by atoms with van der Waals surface area (Å²) in [5.74, 6) is -0.196. The number of halogens is 1. The van der Waals surface area contributed by atoms with Crippen LogP contribution < -0.4 is 5.32 Å². The molecule has 0 aromatic heterocycles. The molecule has 2 rings (SSSR count). The van der Waals surface area contributed by atoms with Crippen molar-refractivity contribution in [1.82, 2.24) is 4.90 Å². The first-order chi connectivity index (χ1) is 8.16. The van der Waals surface area contributed by atoms with Gasteiger partial charge in [-0.3, -0.25) is 4.79 Å². The molecule has 1 amide bonds. The molecule has 3 nitrogen and oxygen atoms in total. The lowest BCUT2D eigenvalue weighted by atomic mass is 10.2. The van der Waals surface area contributed by atoms with Crippen molar-refractivity contribution in [3.05, 3.63) is 29.6 Å². The summed E-state index contributed by atoms with van der Waals surface area (Å²) in [5, 5.41) is 3.00. The minimum Gasteiger partial charge on any atom is -0.376 e. The van der Waals surface area contributed by atoms with Crippen molar-refractivity contribution < 1.29 is 9.18 Å². The zero-order valence-corrected chi connectivity index (χ0v) is 10.0. The Morgan fingerprint density at radius 1 is 1.41 bits per heavy atom. The Morgan fingerprint density at radius 3 is 2.82 bits per heavy atom. The van der Waals surface area contributed by atoms with Crippen LogP contribution in [0.2, 0.25) is 0 Å². The van der Waals surface area contributed by atoms with E-state index in [-0.39, 0.29) is 18.3 Å². The molecule has 0 atom stereocenters. The number of hydrogen-bond acceptors (Lipinski definition) is 2. The molecule has 0 radical (unpaired) electrons. The zero-order valence-electron chi connectivity index (χ0n) is 10.0. The molecule has 92 valence electrons. The maximum absolute atomic E-state index is 13.0. The first-order valence-corrected chi connectivity index (χ1v) is 5.94. The monoisotopic (exact) mass is 236 g/mol. The molecule has 1 fully saturated rings. The lowest BCUT2D eigenvalue weighted by Gasteiger charge is -2.16. The summed E-state index contributed by atoms with van der Waals surface area (Å²) in [6.07, 6.45) is 2.18. The number of nitrogens with one attached hydrogen (secondary N) is 1. The number of rotatable bonds is 3. The van der Waals surface area contributed by atoms with Crippen molar-refractivity contribution in [3.63, 3.8) is 0 Å². The van der Waals surface area contributed by atoms with Gasteiger partial charge < -0.3 is 10.2 Å². The fraction of sp³-hybridized carbons (Fsp3) is 0.462. The van der Waals surface area contributed by atoms with Gasteiger partial charge in [0.15, 0.2) is 0 Å². The van der Waals surface area contributed by atoms with Crippen LogP contribution in [0.5, 0.6) is 0 Å². The van der Waals surface area contributed by atoms with Crippen LogP contribution in [0, 0.1) is 12.7 Å². The van der Waals surface area contributed by atoms with Gasteiger partial charge in [0.25, 0.3) is 0 Å². The predicted octanol–water partition coefficient (Wildman–Crippen LogP) is 2.17. The highest BCUT2D eigenvalue weighted by molar-refractivity contribution is 5.81. The topological polar surface area (TPSA) is 32.3 Å². The summed E-state index contributed by atoms with van der Waals surface area (Å²) in [6, 6.07) is 4.55. The van der Waals surface area contributed by atoms with Crippen molar-refractivity contribution in [3.8, 4) is 0 Å². The Bertz CT molecular complexity index is 414. The molecule has 1 heterocycles. The van der Waals surface area contributed by atoms with E-state index in [0.29, 0.717) is 5.69 Å². The zero-order chi connectivity index (χ0) is 12.3. The van der Waals surface area contributed by atoms with Crippen LogP contribution in [-0.2, 0) is 4.79 Å². The molecule has 1 N–H and O–H groups in total. The summed E-state index contributed by atoms with van der Waals surface area (Å²) in [6.45, 7) is 3.83. The van der Waals surface area contributed by atoms with E-state index in [1.807, 2.05) is 11.8 Å². The number of benzene rings is 1. The molecule has 1 saturated heterocycles. The number of aryl methyl sites for hydroxylation is 1. The molecule has 1 aromatic carbocycles. The molecule has 0 saturated carbocycles. The Morgan fingerprint density at radius 2 is 2.12 bits per heavy atom. The molecule has 4 heteroatoms. The number of hydrogen-bond donors (Lipinski definition) is 1. The Hall–Kier alpha value is -1.58. The van der Waals surface area contributed by atoms with Gasteiger partial charge in [-0.15, -0.1) is 0 Å². The standard InChI is InChI=1S/C13H17FN2O/c1-10-4-5-11(14)8-12(10)15-9-13(17)16-6-2-3-7-16/h4-5,8,15H,2-3,6-7,9H2,1H3. The Balaban J connectivity index is 1.92. The minimum absolute atomic E-state index is 0.0890.